The molecule has 0 aliphatic rings. The molecule has 0 spiro atoms. The smallest absolute Gasteiger partial charge is 0.120 e. The molecular weight excluding hydrogens is 246 g/mol. The van der Waals surface area contributed by atoms with Crippen LogP contribution in [0.4, 0.5) is 5.69 Å². The highest BCUT2D eigenvalue weighted by atomic mass is 35.5. The van der Waals surface area contributed by atoms with Crippen LogP contribution in [0.25, 0.3) is 0 Å². The van der Waals surface area contributed by atoms with Crippen LogP contribution < -0.4 is 5.32 Å². The molecule has 0 fully saturated rings. The Kier molecular flexibility index (Phi) is 3.78. The molecule has 2 aromatic carbocycles. The van der Waals surface area contributed by atoms with E-state index >= 15 is 0 Å². The number of rotatable bonds is 3. The zero-order valence-corrected chi connectivity index (χ0v) is 11.2. The van der Waals surface area contributed by atoms with Gasteiger partial charge in [0.1, 0.15) is 5.75 Å². The van der Waals surface area contributed by atoms with Crippen LogP contribution in [0.2, 0.25) is 5.02 Å². The van der Waals surface area contributed by atoms with Gasteiger partial charge in [-0.15, -0.1) is 0 Å². The zero-order chi connectivity index (χ0) is 13.1. The van der Waals surface area contributed by atoms with Gasteiger partial charge in [0.2, 0.25) is 0 Å². The number of aromatic hydroxyl groups is 1. The zero-order valence-electron chi connectivity index (χ0n) is 10.4. The number of phenols is 1. The van der Waals surface area contributed by atoms with E-state index in [9.17, 15) is 5.11 Å². The quantitative estimate of drug-likeness (QED) is 0.851. The topological polar surface area (TPSA) is 32.3 Å². The summed E-state index contributed by atoms with van der Waals surface area (Å²) in [5.74, 6) is 0.256. The molecule has 2 rings (SSSR count). The van der Waals surface area contributed by atoms with E-state index < -0.39 is 0 Å². The average molecular weight is 262 g/mol. The molecule has 0 aromatic heterocycles. The largest absolute Gasteiger partial charge is 0.508 e. The van der Waals surface area contributed by atoms with E-state index in [2.05, 4.69) is 12.2 Å². The molecule has 0 amide bonds. The minimum Gasteiger partial charge on any atom is -0.508 e. The first-order valence-corrected chi connectivity index (χ1v) is 6.25. The fourth-order valence-electron chi connectivity index (χ4n) is 1.85. The summed E-state index contributed by atoms with van der Waals surface area (Å²) in [6.45, 7) is 4.04. The number of anilines is 1. The van der Waals surface area contributed by atoms with Crippen LogP contribution in [0, 0.1) is 6.92 Å². The molecule has 0 aliphatic heterocycles. The van der Waals surface area contributed by atoms with E-state index in [0.717, 1.165) is 11.3 Å². The highest BCUT2D eigenvalue weighted by Gasteiger charge is 2.10. The number of phenolic OH excluding ortho intramolecular Hbond substituents is 1. The summed E-state index contributed by atoms with van der Waals surface area (Å²) < 4.78 is 0. The molecule has 0 heterocycles. The predicted molar refractivity (Wildman–Crippen MR) is 76.3 cm³/mol. The summed E-state index contributed by atoms with van der Waals surface area (Å²) in [7, 11) is 0. The highest BCUT2D eigenvalue weighted by Crippen LogP contribution is 2.29. The Bertz CT molecular complexity index is 537. The Morgan fingerprint density at radius 1 is 1.11 bits per heavy atom. The van der Waals surface area contributed by atoms with E-state index in [1.807, 2.05) is 31.2 Å². The van der Waals surface area contributed by atoms with Crippen molar-refractivity contribution >= 4 is 17.3 Å². The first-order chi connectivity index (χ1) is 8.56. The van der Waals surface area contributed by atoms with Gasteiger partial charge in [0.15, 0.2) is 0 Å². The number of aryl methyl sites for hydroxylation is 1. The third-order valence-corrected chi connectivity index (χ3v) is 3.13. The van der Waals surface area contributed by atoms with Crippen molar-refractivity contribution in [2.45, 2.75) is 19.9 Å². The maximum atomic E-state index is 9.83. The Labute approximate surface area is 112 Å². The summed E-state index contributed by atoms with van der Waals surface area (Å²) in [6.07, 6.45) is 0. The van der Waals surface area contributed by atoms with Crippen molar-refractivity contribution < 1.29 is 5.11 Å². The minimum absolute atomic E-state index is 0.00796. The number of halogens is 1. The Morgan fingerprint density at radius 2 is 1.78 bits per heavy atom. The second-order valence-corrected chi connectivity index (χ2v) is 4.87. The second-order valence-electron chi connectivity index (χ2n) is 4.44. The molecule has 0 aliphatic carbocycles. The molecule has 0 saturated heterocycles. The van der Waals surface area contributed by atoms with Crippen LogP contribution in [0.15, 0.2) is 42.5 Å². The summed E-state index contributed by atoms with van der Waals surface area (Å²) >= 11 is 5.95. The fourth-order valence-corrected chi connectivity index (χ4v) is 2.03. The van der Waals surface area contributed by atoms with Crippen molar-refractivity contribution in [3.05, 3.63) is 58.6 Å². The molecule has 0 bridgehead atoms. The van der Waals surface area contributed by atoms with E-state index in [4.69, 9.17) is 11.6 Å². The van der Waals surface area contributed by atoms with Crippen LogP contribution in [0.5, 0.6) is 5.75 Å². The molecule has 2 N–H and O–H groups in total. The van der Waals surface area contributed by atoms with Crippen molar-refractivity contribution in [2.24, 2.45) is 0 Å². The van der Waals surface area contributed by atoms with Gasteiger partial charge in [0.25, 0.3) is 0 Å². The van der Waals surface area contributed by atoms with Crippen molar-refractivity contribution in [3.8, 4) is 5.75 Å². The van der Waals surface area contributed by atoms with E-state index in [0.29, 0.717) is 5.02 Å². The SMILES string of the molecule is Cc1ccc(N[C@@H](C)c2cc(Cl)ccc2O)cc1. The van der Waals surface area contributed by atoms with Gasteiger partial charge < -0.3 is 10.4 Å². The molecule has 94 valence electrons. The lowest BCUT2D eigenvalue weighted by molar-refractivity contribution is 0.465. The van der Waals surface area contributed by atoms with Gasteiger partial charge in [-0.3, -0.25) is 0 Å². The van der Waals surface area contributed by atoms with Gasteiger partial charge in [-0.25, -0.2) is 0 Å². The minimum atomic E-state index is -0.00796. The monoisotopic (exact) mass is 261 g/mol. The maximum absolute atomic E-state index is 9.83. The lowest BCUT2D eigenvalue weighted by atomic mass is 10.1. The van der Waals surface area contributed by atoms with Gasteiger partial charge in [-0.2, -0.15) is 0 Å². The first-order valence-electron chi connectivity index (χ1n) is 5.88. The Morgan fingerprint density at radius 3 is 2.44 bits per heavy atom. The normalized spacial score (nSPS) is 12.2. The van der Waals surface area contributed by atoms with Gasteiger partial charge in [0, 0.05) is 16.3 Å². The van der Waals surface area contributed by atoms with E-state index in [-0.39, 0.29) is 11.8 Å². The van der Waals surface area contributed by atoms with Gasteiger partial charge in [-0.1, -0.05) is 29.3 Å². The first kappa shape index (κ1) is 12.8. The third kappa shape index (κ3) is 2.96. The summed E-state index contributed by atoms with van der Waals surface area (Å²) in [4.78, 5) is 0. The van der Waals surface area contributed by atoms with E-state index in [1.54, 1.807) is 18.2 Å². The standard InChI is InChI=1S/C15H16ClNO/c1-10-3-6-13(7-4-10)17-11(2)14-9-12(16)5-8-15(14)18/h3-9,11,17-18H,1-2H3/t11-/m0/s1. The van der Waals surface area contributed by atoms with Crippen LogP contribution in [-0.2, 0) is 0 Å². The van der Waals surface area contributed by atoms with Crippen molar-refractivity contribution in [3.63, 3.8) is 0 Å². The number of nitrogens with one attached hydrogen (secondary N) is 1. The second kappa shape index (κ2) is 5.32. The average Bonchev–Trinajstić information content (AvgIpc) is 2.35. The molecule has 3 heteroatoms. The predicted octanol–water partition coefficient (Wildman–Crippen LogP) is 4.53. The Balaban J connectivity index is 2.18. The van der Waals surface area contributed by atoms with Gasteiger partial charge in [0.05, 0.1) is 6.04 Å². The summed E-state index contributed by atoms with van der Waals surface area (Å²) in [6, 6.07) is 13.2. The molecular formula is C15H16ClNO. The molecule has 1 atom stereocenters. The number of hydrogen-bond donors (Lipinski definition) is 2. The molecule has 0 unspecified atom stereocenters. The fraction of sp³-hybridized carbons (Fsp3) is 0.200. The highest BCUT2D eigenvalue weighted by molar-refractivity contribution is 6.30. The van der Waals surface area contributed by atoms with Crippen LogP contribution in [-0.4, -0.2) is 5.11 Å². The van der Waals surface area contributed by atoms with Crippen molar-refractivity contribution in [1.29, 1.82) is 0 Å². The third-order valence-electron chi connectivity index (χ3n) is 2.89. The molecule has 18 heavy (non-hydrogen) atoms. The Hall–Kier alpha value is -1.67. The van der Waals surface area contributed by atoms with Crippen molar-refractivity contribution in [2.75, 3.05) is 5.32 Å². The lowest BCUT2D eigenvalue weighted by Crippen LogP contribution is -2.06. The molecule has 2 nitrogen and oxygen atoms in total. The number of benzene rings is 2. The van der Waals surface area contributed by atoms with Crippen LogP contribution in [0.1, 0.15) is 24.1 Å². The number of hydrogen-bond acceptors (Lipinski definition) is 2. The molecule has 0 saturated carbocycles. The summed E-state index contributed by atoms with van der Waals surface area (Å²) in [5, 5.41) is 13.8. The van der Waals surface area contributed by atoms with Crippen LogP contribution >= 0.6 is 11.6 Å². The van der Waals surface area contributed by atoms with E-state index in [1.165, 1.54) is 5.56 Å². The molecule has 0 radical (unpaired) electrons. The van der Waals surface area contributed by atoms with Gasteiger partial charge >= 0.3 is 0 Å². The maximum Gasteiger partial charge on any atom is 0.120 e. The van der Waals surface area contributed by atoms with Gasteiger partial charge in [-0.05, 0) is 44.2 Å². The van der Waals surface area contributed by atoms with Crippen molar-refractivity contribution in [1.82, 2.24) is 0 Å². The molecule has 2 aromatic rings. The lowest BCUT2D eigenvalue weighted by Gasteiger charge is -2.17. The van der Waals surface area contributed by atoms with Crippen LogP contribution in [0.3, 0.4) is 0 Å². The summed E-state index contributed by atoms with van der Waals surface area (Å²) in [5.41, 5.74) is 3.04.